The topological polar surface area (TPSA) is 21.3 Å². The Balaban J connectivity index is 0.968. The summed E-state index contributed by atoms with van der Waals surface area (Å²) in [7, 11) is 0. The number of hydrogen-bond donors (Lipinski definition) is 0. The lowest BCUT2D eigenvalue weighted by molar-refractivity contribution is -0.00526. The number of nitrogens with zero attached hydrogens (tertiary/aromatic N) is 2. The molecule has 4 heterocycles. The Labute approximate surface area is 422 Å². The third-order valence-electron chi connectivity index (χ3n) is 20.8. The summed E-state index contributed by atoms with van der Waals surface area (Å²) in [6.07, 6.45) is 16.9. The van der Waals surface area contributed by atoms with Crippen LogP contribution in [0.25, 0.3) is 82.8 Å². The second-order valence-corrected chi connectivity index (χ2v) is 24.9. The van der Waals surface area contributed by atoms with Crippen LogP contribution in [0.5, 0.6) is 0 Å². The van der Waals surface area contributed by atoms with Crippen molar-refractivity contribution in [1.82, 2.24) is 4.57 Å². The highest BCUT2D eigenvalue weighted by atomic mass is 16.3. The van der Waals surface area contributed by atoms with Gasteiger partial charge < -0.3 is 13.8 Å². The van der Waals surface area contributed by atoms with E-state index in [9.17, 15) is 0 Å². The Bertz CT molecular complexity index is 3880. The van der Waals surface area contributed by atoms with E-state index in [1.807, 2.05) is 0 Å². The van der Waals surface area contributed by atoms with Gasteiger partial charge in [-0.3, -0.25) is 0 Å². The number of fused-ring (bicyclic) bond motifs is 11. The molecular weight excluding hydrogens is 872 g/mol. The van der Waals surface area contributed by atoms with Crippen LogP contribution >= 0.6 is 0 Å². The first-order valence-electron chi connectivity index (χ1n) is 27.8. The van der Waals surface area contributed by atoms with E-state index < -0.39 is 0 Å². The van der Waals surface area contributed by atoms with Gasteiger partial charge in [0.1, 0.15) is 5.58 Å². The smallest absolute Gasteiger partial charge is 0.333 e. The van der Waals surface area contributed by atoms with E-state index in [2.05, 4.69) is 173 Å². The molecule has 0 radical (unpaired) electrons. The summed E-state index contributed by atoms with van der Waals surface area (Å²) in [5, 5.41) is 5.29. The van der Waals surface area contributed by atoms with Crippen molar-refractivity contribution in [1.29, 1.82) is 0 Å². The van der Waals surface area contributed by atoms with E-state index >= 15 is 0 Å². The second-order valence-electron chi connectivity index (χ2n) is 24.9. The van der Waals surface area contributed by atoms with E-state index in [0.29, 0.717) is 5.41 Å². The number of hydrogen-bond acceptors (Lipinski definition) is 2. The molecular formula is C68H57BN2O. The van der Waals surface area contributed by atoms with Crippen LogP contribution in [0, 0.1) is 35.5 Å². The summed E-state index contributed by atoms with van der Waals surface area (Å²) in [5.41, 5.74) is 22.6. The summed E-state index contributed by atoms with van der Waals surface area (Å²) in [6.45, 7) is -0.0930. The molecule has 8 bridgehead atoms. The van der Waals surface area contributed by atoms with E-state index in [-0.39, 0.29) is 12.3 Å². The lowest BCUT2D eigenvalue weighted by Crippen LogP contribution is -2.61. The summed E-state index contributed by atoms with van der Waals surface area (Å²) in [6, 6.07) is 63.6. The lowest BCUT2D eigenvalue weighted by atomic mass is 9.42. The van der Waals surface area contributed by atoms with E-state index in [4.69, 9.17) is 4.42 Å². The van der Waals surface area contributed by atoms with Crippen LogP contribution in [0.3, 0.4) is 0 Å². The van der Waals surface area contributed by atoms with Crippen LogP contribution in [0.1, 0.15) is 88.2 Å². The highest BCUT2D eigenvalue weighted by molar-refractivity contribution is 6.94. The summed E-state index contributed by atoms with van der Waals surface area (Å²) in [4.78, 5) is 2.74. The van der Waals surface area contributed by atoms with Crippen molar-refractivity contribution in [2.75, 3.05) is 4.81 Å². The monoisotopic (exact) mass is 928 g/mol. The zero-order chi connectivity index (χ0) is 46.6. The lowest BCUT2D eigenvalue weighted by Gasteiger charge is -2.57. The number of benzene rings is 8. The minimum absolute atomic E-state index is 0.0930. The minimum Gasteiger partial charge on any atom is -0.454 e. The van der Waals surface area contributed by atoms with E-state index in [1.165, 1.54) is 171 Å². The van der Waals surface area contributed by atoms with Crippen LogP contribution < -0.4 is 15.7 Å². The number of anilines is 2. The Morgan fingerprint density at radius 2 is 1.03 bits per heavy atom. The number of rotatable bonds is 5. The van der Waals surface area contributed by atoms with Crippen molar-refractivity contribution in [2.24, 2.45) is 35.5 Å². The van der Waals surface area contributed by atoms with Crippen molar-refractivity contribution < 1.29 is 4.42 Å². The highest BCUT2D eigenvalue weighted by Gasteiger charge is 2.54. The van der Waals surface area contributed by atoms with Gasteiger partial charge in [0.15, 0.2) is 5.58 Å². The molecule has 4 heteroatoms. The van der Waals surface area contributed by atoms with Gasteiger partial charge in [-0.1, -0.05) is 109 Å². The third kappa shape index (κ3) is 5.33. The van der Waals surface area contributed by atoms with Gasteiger partial charge in [0, 0.05) is 38.5 Å². The molecule has 0 unspecified atom stereocenters. The highest BCUT2D eigenvalue weighted by Crippen LogP contribution is 2.63. The number of para-hydroxylation sites is 1. The standard InChI is InChI=1S/C68H57BN2O/c1-3-9-46(10-4-1)48-15-18-52(19-16-48)71-65-54(20-21-55-53-13-7-8-14-62(53)72-66(55)65)57-29-49(47-11-5-2-6-12-47)30-61-63(57)69(71)59-33-51(68-37-43-26-44(38-68)28-45(27-43)39-68)32-58-56-31-50(17-22-60(56)70(61)64(58)59)67-34-40-23-41(35-67)25-42(24-40)36-67/h1-22,29-33,40-45H,23-28,34-39H2. The fourth-order valence-corrected chi connectivity index (χ4v) is 18.8. The van der Waals surface area contributed by atoms with E-state index in [0.717, 1.165) is 46.7 Å². The molecule has 3 nitrogen and oxygen atoms in total. The Hall–Kier alpha value is -6.78. The molecule has 8 saturated carbocycles. The van der Waals surface area contributed by atoms with Crippen molar-refractivity contribution in [3.63, 3.8) is 0 Å². The zero-order valence-electron chi connectivity index (χ0n) is 40.9. The Morgan fingerprint density at radius 1 is 0.444 bits per heavy atom. The second kappa shape index (κ2) is 14.0. The van der Waals surface area contributed by atoms with Gasteiger partial charge in [0.25, 0.3) is 0 Å². The largest absolute Gasteiger partial charge is 0.454 e. The average Bonchev–Trinajstić information content (AvgIpc) is 3.96. The van der Waals surface area contributed by atoms with Crippen LogP contribution in [0.2, 0.25) is 0 Å². The third-order valence-corrected chi connectivity index (χ3v) is 20.8. The van der Waals surface area contributed by atoms with Crippen LogP contribution in [-0.4, -0.2) is 11.4 Å². The number of aromatic nitrogens is 1. The molecule has 0 atom stereocenters. The SMILES string of the molecule is c1ccc(-c2ccc(N3B4c5c(cc(-c6ccccc6)cc5-n5c6ccc(C78CC9CC(CC(C9)C7)C8)cc6c6cc(C78CC9CC(CC(C9)C7)C8)cc4c65)-c4ccc5c(oc6ccccc65)c43)cc2)cc1. The molecule has 0 spiro atoms. The maximum Gasteiger partial charge on any atom is 0.333 e. The first-order valence-corrected chi connectivity index (χ1v) is 27.8. The number of furan rings is 1. The fourth-order valence-electron chi connectivity index (χ4n) is 18.8. The van der Waals surface area contributed by atoms with Gasteiger partial charge in [0.05, 0.1) is 16.7 Å². The summed E-state index contributed by atoms with van der Waals surface area (Å²) in [5.74, 6) is 5.29. The molecule has 8 aliphatic carbocycles. The van der Waals surface area contributed by atoms with Gasteiger partial charge in [0.2, 0.25) is 0 Å². The van der Waals surface area contributed by atoms with Gasteiger partial charge >= 0.3 is 6.85 Å². The van der Waals surface area contributed by atoms with E-state index in [1.54, 1.807) is 11.1 Å². The maximum atomic E-state index is 7.21. The zero-order valence-corrected chi connectivity index (χ0v) is 40.9. The van der Waals surface area contributed by atoms with Crippen molar-refractivity contribution >= 4 is 72.9 Å². The molecule has 8 aromatic carbocycles. The van der Waals surface area contributed by atoms with Gasteiger partial charge in [-0.2, -0.15) is 0 Å². The molecule has 348 valence electrons. The molecule has 8 fully saturated rings. The van der Waals surface area contributed by atoms with Crippen LogP contribution in [0.15, 0.2) is 168 Å². The predicted molar refractivity (Wildman–Crippen MR) is 298 cm³/mol. The predicted octanol–water partition coefficient (Wildman–Crippen LogP) is 16.2. The minimum atomic E-state index is -0.0930. The molecule has 10 aromatic rings. The first kappa shape index (κ1) is 39.8. The molecule has 0 saturated heterocycles. The van der Waals surface area contributed by atoms with Crippen molar-refractivity contribution in [2.45, 2.75) is 87.9 Å². The quantitative estimate of drug-likeness (QED) is 0.160. The van der Waals surface area contributed by atoms with Crippen LogP contribution in [-0.2, 0) is 10.8 Å². The molecule has 2 aliphatic heterocycles. The Kier molecular flexibility index (Phi) is 7.76. The molecule has 0 amide bonds. The fraction of sp³-hybridized carbons (Fsp3) is 0.294. The average molecular weight is 929 g/mol. The molecule has 72 heavy (non-hydrogen) atoms. The maximum absolute atomic E-state index is 7.21. The molecule has 10 aliphatic rings. The summed E-state index contributed by atoms with van der Waals surface area (Å²) < 4.78 is 9.97. The Morgan fingerprint density at radius 3 is 1.69 bits per heavy atom. The summed E-state index contributed by atoms with van der Waals surface area (Å²) >= 11 is 0. The van der Waals surface area contributed by atoms with Gasteiger partial charge in [-0.05, 0) is 228 Å². The normalized spacial score (nSPS) is 27.9. The van der Waals surface area contributed by atoms with Crippen LogP contribution in [0.4, 0.5) is 11.4 Å². The molecule has 0 N–H and O–H groups in total. The molecule has 2 aromatic heterocycles. The first-order chi connectivity index (χ1) is 35.5. The van der Waals surface area contributed by atoms with Gasteiger partial charge in [-0.25, -0.2) is 0 Å². The van der Waals surface area contributed by atoms with Gasteiger partial charge in [-0.15, -0.1) is 0 Å². The van der Waals surface area contributed by atoms with Crippen molar-refractivity contribution in [3.05, 3.63) is 175 Å². The van der Waals surface area contributed by atoms with Crippen molar-refractivity contribution in [3.8, 4) is 39.1 Å². The molecule has 20 rings (SSSR count).